The predicted octanol–water partition coefficient (Wildman–Crippen LogP) is 3.22. The van der Waals surface area contributed by atoms with E-state index in [1.165, 1.54) is 12.1 Å². The molecule has 5 nitrogen and oxygen atoms in total. The van der Waals surface area contributed by atoms with Crippen molar-refractivity contribution in [1.29, 1.82) is 0 Å². The van der Waals surface area contributed by atoms with Gasteiger partial charge in [-0.25, -0.2) is 0 Å². The number of nitrogens with zero attached hydrogens (tertiary/aromatic N) is 1. The minimum Gasteiger partial charge on any atom is -0.508 e. The van der Waals surface area contributed by atoms with E-state index in [1.807, 2.05) is 6.92 Å². The van der Waals surface area contributed by atoms with Crippen molar-refractivity contribution in [2.45, 2.75) is 13.5 Å². The van der Waals surface area contributed by atoms with Crippen molar-refractivity contribution in [2.24, 2.45) is 0 Å². The Morgan fingerprint density at radius 1 is 1.21 bits per heavy atom. The number of nitrogens with one attached hydrogen (secondary N) is 1. The Morgan fingerprint density at radius 3 is 2.53 bits per heavy atom. The lowest BCUT2D eigenvalue weighted by molar-refractivity contribution is -0.384. The Kier molecular flexibility index (Phi) is 3.66. The maximum Gasteiger partial charge on any atom is 0.271 e. The summed E-state index contributed by atoms with van der Waals surface area (Å²) in [5, 5.41) is 23.1. The molecular weight excluding hydrogens is 244 g/mol. The highest BCUT2D eigenvalue weighted by Gasteiger charge is 2.08. The maximum atomic E-state index is 10.7. The largest absolute Gasteiger partial charge is 0.508 e. The third kappa shape index (κ3) is 3.22. The number of hydrogen-bond donors (Lipinski definition) is 2. The third-order valence-corrected chi connectivity index (χ3v) is 2.85. The van der Waals surface area contributed by atoms with Crippen LogP contribution in [0.3, 0.4) is 0 Å². The summed E-state index contributed by atoms with van der Waals surface area (Å²) < 4.78 is 0. The highest BCUT2D eigenvalue weighted by atomic mass is 16.6. The van der Waals surface area contributed by atoms with Crippen LogP contribution in [0.1, 0.15) is 11.1 Å². The van der Waals surface area contributed by atoms with Crippen LogP contribution in [0.4, 0.5) is 11.4 Å². The van der Waals surface area contributed by atoms with Gasteiger partial charge in [-0.2, -0.15) is 0 Å². The SMILES string of the molecule is Cc1ccc([N+](=O)[O-])cc1NCc1ccc(O)cc1. The average Bonchev–Trinajstić information content (AvgIpc) is 2.39. The van der Waals surface area contributed by atoms with Gasteiger partial charge in [0.2, 0.25) is 0 Å². The number of nitro benzene ring substituents is 1. The van der Waals surface area contributed by atoms with Crippen LogP contribution in [-0.4, -0.2) is 10.0 Å². The lowest BCUT2D eigenvalue weighted by Gasteiger charge is -2.09. The second-order valence-electron chi connectivity index (χ2n) is 4.28. The molecule has 2 N–H and O–H groups in total. The summed E-state index contributed by atoms with van der Waals surface area (Å²) >= 11 is 0. The van der Waals surface area contributed by atoms with Crippen molar-refractivity contribution in [2.75, 3.05) is 5.32 Å². The number of non-ortho nitro benzene ring substituents is 1. The zero-order valence-corrected chi connectivity index (χ0v) is 10.5. The number of rotatable bonds is 4. The Labute approximate surface area is 110 Å². The zero-order valence-electron chi connectivity index (χ0n) is 10.5. The van der Waals surface area contributed by atoms with Crippen LogP contribution in [-0.2, 0) is 6.54 Å². The van der Waals surface area contributed by atoms with Gasteiger partial charge in [0.15, 0.2) is 0 Å². The van der Waals surface area contributed by atoms with Gasteiger partial charge < -0.3 is 10.4 Å². The van der Waals surface area contributed by atoms with Crippen molar-refractivity contribution in [3.63, 3.8) is 0 Å². The van der Waals surface area contributed by atoms with Gasteiger partial charge in [0.25, 0.3) is 5.69 Å². The fraction of sp³-hybridized carbons (Fsp3) is 0.143. The lowest BCUT2D eigenvalue weighted by atomic mass is 10.1. The summed E-state index contributed by atoms with van der Waals surface area (Å²) in [6.45, 7) is 2.44. The van der Waals surface area contributed by atoms with E-state index >= 15 is 0 Å². The normalized spacial score (nSPS) is 10.2. The molecule has 98 valence electrons. The molecule has 2 aromatic rings. The molecule has 0 bridgehead atoms. The van der Waals surface area contributed by atoms with E-state index in [0.717, 1.165) is 16.8 Å². The summed E-state index contributed by atoms with van der Waals surface area (Å²) in [7, 11) is 0. The van der Waals surface area contributed by atoms with E-state index in [2.05, 4.69) is 5.32 Å². The second kappa shape index (κ2) is 5.39. The summed E-state index contributed by atoms with van der Waals surface area (Å²) in [4.78, 5) is 10.3. The predicted molar refractivity (Wildman–Crippen MR) is 73.3 cm³/mol. The number of hydrogen-bond acceptors (Lipinski definition) is 4. The molecule has 0 spiro atoms. The topological polar surface area (TPSA) is 75.4 Å². The first-order valence-electron chi connectivity index (χ1n) is 5.83. The van der Waals surface area contributed by atoms with Gasteiger partial charge >= 0.3 is 0 Å². The van der Waals surface area contributed by atoms with E-state index in [9.17, 15) is 15.2 Å². The van der Waals surface area contributed by atoms with Crippen LogP contribution >= 0.6 is 0 Å². The van der Waals surface area contributed by atoms with Crippen LogP contribution in [0.5, 0.6) is 5.75 Å². The van der Waals surface area contributed by atoms with E-state index in [1.54, 1.807) is 30.3 Å². The molecule has 0 saturated heterocycles. The summed E-state index contributed by atoms with van der Waals surface area (Å²) in [5.74, 6) is 0.218. The third-order valence-electron chi connectivity index (χ3n) is 2.85. The molecule has 0 fully saturated rings. The van der Waals surface area contributed by atoms with Crippen LogP contribution in [0, 0.1) is 17.0 Å². The molecular formula is C14H14N2O3. The van der Waals surface area contributed by atoms with Crippen molar-refractivity contribution in [3.8, 4) is 5.75 Å². The molecule has 0 saturated carbocycles. The van der Waals surface area contributed by atoms with Gasteiger partial charge in [-0.15, -0.1) is 0 Å². The minimum atomic E-state index is -0.412. The fourth-order valence-electron chi connectivity index (χ4n) is 1.73. The lowest BCUT2D eigenvalue weighted by Crippen LogP contribution is -2.01. The van der Waals surface area contributed by atoms with Crippen LogP contribution in [0.15, 0.2) is 42.5 Å². The van der Waals surface area contributed by atoms with Crippen molar-refractivity contribution >= 4 is 11.4 Å². The minimum absolute atomic E-state index is 0.0683. The maximum absolute atomic E-state index is 10.7. The van der Waals surface area contributed by atoms with E-state index in [-0.39, 0.29) is 11.4 Å². The highest BCUT2D eigenvalue weighted by Crippen LogP contribution is 2.22. The molecule has 2 rings (SSSR count). The first-order valence-corrected chi connectivity index (χ1v) is 5.83. The zero-order chi connectivity index (χ0) is 13.8. The molecule has 0 aromatic heterocycles. The molecule has 0 unspecified atom stereocenters. The van der Waals surface area contributed by atoms with Crippen LogP contribution < -0.4 is 5.32 Å². The Balaban J connectivity index is 2.12. The van der Waals surface area contributed by atoms with Gasteiger partial charge in [-0.3, -0.25) is 10.1 Å². The van der Waals surface area contributed by atoms with Crippen LogP contribution in [0.2, 0.25) is 0 Å². The molecule has 0 aliphatic rings. The first kappa shape index (κ1) is 12.9. The molecule has 0 heterocycles. The second-order valence-corrected chi connectivity index (χ2v) is 4.28. The monoisotopic (exact) mass is 258 g/mol. The summed E-state index contributed by atoms with van der Waals surface area (Å²) in [6.07, 6.45) is 0. The summed E-state index contributed by atoms with van der Waals surface area (Å²) in [5.41, 5.74) is 2.74. The molecule has 0 aliphatic carbocycles. The number of anilines is 1. The number of nitro groups is 1. The smallest absolute Gasteiger partial charge is 0.271 e. The quantitative estimate of drug-likeness (QED) is 0.652. The number of phenolic OH excluding ortho intramolecular Hbond substituents is 1. The Morgan fingerprint density at radius 2 is 1.89 bits per heavy atom. The van der Waals surface area contributed by atoms with E-state index < -0.39 is 4.92 Å². The van der Waals surface area contributed by atoms with Gasteiger partial charge in [-0.05, 0) is 30.2 Å². The standard InChI is InChI=1S/C14H14N2O3/c1-10-2-5-12(16(18)19)8-14(10)15-9-11-3-6-13(17)7-4-11/h2-8,15,17H,9H2,1H3. The van der Waals surface area contributed by atoms with Gasteiger partial charge in [0.1, 0.15) is 5.75 Å². The van der Waals surface area contributed by atoms with Crippen molar-refractivity contribution in [1.82, 2.24) is 0 Å². The van der Waals surface area contributed by atoms with Crippen molar-refractivity contribution < 1.29 is 10.0 Å². The molecule has 0 amide bonds. The number of aryl methyl sites for hydroxylation is 1. The number of phenols is 1. The molecule has 2 aromatic carbocycles. The van der Waals surface area contributed by atoms with Gasteiger partial charge in [-0.1, -0.05) is 18.2 Å². The summed E-state index contributed by atoms with van der Waals surface area (Å²) in [6, 6.07) is 11.5. The number of benzene rings is 2. The first-order chi connectivity index (χ1) is 9.06. The Hall–Kier alpha value is -2.56. The van der Waals surface area contributed by atoms with Gasteiger partial charge in [0.05, 0.1) is 4.92 Å². The molecule has 0 atom stereocenters. The molecule has 0 aliphatic heterocycles. The molecule has 5 heteroatoms. The van der Waals surface area contributed by atoms with Crippen molar-refractivity contribution in [3.05, 3.63) is 63.7 Å². The molecule has 0 radical (unpaired) electrons. The van der Waals surface area contributed by atoms with E-state index in [0.29, 0.717) is 6.54 Å². The van der Waals surface area contributed by atoms with Gasteiger partial charge in [0, 0.05) is 24.4 Å². The Bertz CT molecular complexity index is 594. The fourth-order valence-corrected chi connectivity index (χ4v) is 1.73. The highest BCUT2D eigenvalue weighted by molar-refractivity contribution is 5.57. The average molecular weight is 258 g/mol. The van der Waals surface area contributed by atoms with Crippen LogP contribution in [0.25, 0.3) is 0 Å². The van der Waals surface area contributed by atoms with E-state index in [4.69, 9.17) is 0 Å². The molecule has 19 heavy (non-hydrogen) atoms. The number of aromatic hydroxyl groups is 1.